The first kappa shape index (κ1) is 6.33. The third-order valence-corrected chi connectivity index (χ3v) is 1.26. The van der Waals surface area contributed by atoms with Gasteiger partial charge in [-0.1, -0.05) is 5.57 Å². The Kier molecular flexibility index (Phi) is 1.56. The lowest BCUT2D eigenvalue weighted by Gasteiger charge is -2.15. The van der Waals surface area contributed by atoms with Crippen LogP contribution in [0, 0.1) is 0 Å². The number of hydrogen-bond donors (Lipinski definition) is 0. The summed E-state index contributed by atoms with van der Waals surface area (Å²) in [7, 11) is 0. The highest BCUT2D eigenvalue weighted by atomic mass is 16.5. The molecule has 0 aromatic carbocycles. The smallest absolute Gasteiger partial charge is 0.310 e. The Balaban J connectivity index is 2.67. The lowest BCUT2D eigenvalue weighted by atomic mass is 10.1. The van der Waals surface area contributed by atoms with Crippen LogP contribution in [0.2, 0.25) is 0 Å². The highest BCUT2D eigenvalue weighted by Crippen LogP contribution is 2.12. The molecule has 9 heavy (non-hydrogen) atoms. The molecule has 0 aromatic heterocycles. The Labute approximate surface area is 54.5 Å². The van der Waals surface area contributed by atoms with Gasteiger partial charge in [0.25, 0.3) is 0 Å². The van der Waals surface area contributed by atoms with Crippen molar-refractivity contribution in [3.63, 3.8) is 0 Å². The van der Waals surface area contributed by atoms with Gasteiger partial charge in [0.2, 0.25) is 0 Å². The highest BCUT2D eigenvalue weighted by Gasteiger charge is 2.13. The van der Waals surface area contributed by atoms with Gasteiger partial charge < -0.3 is 4.74 Å². The van der Waals surface area contributed by atoms with Crippen molar-refractivity contribution >= 4 is 5.97 Å². The predicted molar refractivity (Wildman–Crippen MR) is 33.9 cm³/mol. The van der Waals surface area contributed by atoms with Gasteiger partial charge in [-0.05, 0) is 19.9 Å². The van der Waals surface area contributed by atoms with Crippen LogP contribution in [-0.2, 0) is 9.53 Å². The maximum absolute atomic E-state index is 10.6. The van der Waals surface area contributed by atoms with Crippen LogP contribution >= 0.6 is 0 Å². The van der Waals surface area contributed by atoms with Gasteiger partial charge in [-0.15, -0.1) is 0 Å². The number of ether oxygens (including phenoxy) is 1. The summed E-state index contributed by atoms with van der Waals surface area (Å²) in [6.07, 6.45) is 2.40. The van der Waals surface area contributed by atoms with Crippen LogP contribution in [-0.4, -0.2) is 12.1 Å². The van der Waals surface area contributed by atoms with Gasteiger partial charge >= 0.3 is 5.97 Å². The van der Waals surface area contributed by atoms with Crippen molar-refractivity contribution in [2.45, 2.75) is 26.4 Å². The normalized spacial score (nSPS) is 27.1. The monoisotopic (exact) mass is 126 g/mol. The Bertz CT molecular complexity index is 158. The SMILES string of the molecule is CC1=C[C@@H](C)OC(=O)C1. The fourth-order valence-corrected chi connectivity index (χ4v) is 0.970. The van der Waals surface area contributed by atoms with Crippen LogP contribution in [0.4, 0.5) is 0 Å². The number of esters is 1. The molecule has 0 saturated carbocycles. The third-order valence-electron chi connectivity index (χ3n) is 1.26. The van der Waals surface area contributed by atoms with Gasteiger partial charge in [-0.3, -0.25) is 4.79 Å². The van der Waals surface area contributed by atoms with E-state index < -0.39 is 0 Å². The lowest BCUT2D eigenvalue weighted by molar-refractivity contribution is -0.146. The molecule has 50 valence electrons. The summed E-state index contributed by atoms with van der Waals surface area (Å²) in [5, 5.41) is 0. The minimum atomic E-state index is -0.109. The summed E-state index contributed by atoms with van der Waals surface area (Å²) in [6, 6.07) is 0. The highest BCUT2D eigenvalue weighted by molar-refractivity contribution is 5.73. The molecule has 0 fully saturated rings. The van der Waals surface area contributed by atoms with Crippen LogP contribution < -0.4 is 0 Å². The van der Waals surface area contributed by atoms with E-state index in [1.807, 2.05) is 19.9 Å². The Morgan fingerprint density at radius 1 is 1.78 bits per heavy atom. The molecule has 0 saturated heterocycles. The Morgan fingerprint density at radius 2 is 2.44 bits per heavy atom. The van der Waals surface area contributed by atoms with Crippen molar-refractivity contribution in [1.29, 1.82) is 0 Å². The van der Waals surface area contributed by atoms with E-state index in [-0.39, 0.29) is 12.1 Å². The summed E-state index contributed by atoms with van der Waals surface area (Å²) in [5.74, 6) is -0.109. The summed E-state index contributed by atoms with van der Waals surface area (Å²) in [6.45, 7) is 3.80. The number of carbonyl (C=O) groups is 1. The van der Waals surface area contributed by atoms with Crippen LogP contribution in [0.15, 0.2) is 11.6 Å². The number of rotatable bonds is 0. The van der Waals surface area contributed by atoms with Gasteiger partial charge in [0, 0.05) is 0 Å². The van der Waals surface area contributed by atoms with Crippen LogP contribution in [0.3, 0.4) is 0 Å². The Morgan fingerprint density at radius 3 is 2.89 bits per heavy atom. The first-order valence-electron chi connectivity index (χ1n) is 3.05. The molecule has 2 nitrogen and oxygen atoms in total. The first-order chi connectivity index (χ1) is 4.18. The first-order valence-corrected chi connectivity index (χ1v) is 3.05. The van der Waals surface area contributed by atoms with Crippen molar-refractivity contribution in [2.75, 3.05) is 0 Å². The molecule has 1 aliphatic heterocycles. The molecular formula is C7H10O2. The molecule has 0 aromatic rings. The van der Waals surface area contributed by atoms with E-state index in [9.17, 15) is 4.79 Å². The summed E-state index contributed by atoms with van der Waals surface area (Å²) in [5.41, 5.74) is 1.11. The minimum Gasteiger partial charge on any atom is -0.458 e. The molecule has 1 aliphatic rings. The number of hydrogen-bond acceptors (Lipinski definition) is 2. The average molecular weight is 126 g/mol. The molecule has 0 radical (unpaired) electrons. The van der Waals surface area contributed by atoms with Crippen LogP contribution in [0.25, 0.3) is 0 Å². The fraction of sp³-hybridized carbons (Fsp3) is 0.571. The van der Waals surface area contributed by atoms with Gasteiger partial charge in [0.1, 0.15) is 6.10 Å². The Hall–Kier alpha value is -0.790. The molecule has 0 spiro atoms. The molecule has 1 atom stereocenters. The minimum absolute atomic E-state index is 0.0220. The van der Waals surface area contributed by atoms with Crippen molar-refractivity contribution in [3.05, 3.63) is 11.6 Å². The van der Waals surface area contributed by atoms with E-state index in [2.05, 4.69) is 0 Å². The molecule has 1 rings (SSSR count). The second kappa shape index (κ2) is 2.21. The maximum atomic E-state index is 10.6. The van der Waals surface area contributed by atoms with E-state index in [1.165, 1.54) is 0 Å². The third kappa shape index (κ3) is 1.56. The number of cyclic esters (lactones) is 1. The second-order valence-corrected chi connectivity index (χ2v) is 2.38. The average Bonchev–Trinajstić information content (AvgIpc) is 1.59. The maximum Gasteiger partial charge on any atom is 0.310 e. The molecule has 0 amide bonds. The topological polar surface area (TPSA) is 26.3 Å². The van der Waals surface area contributed by atoms with E-state index in [4.69, 9.17) is 4.74 Å². The zero-order valence-corrected chi connectivity index (χ0v) is 5.68. The molecule has 2 heteroatoms. The zero-order chi connectivity index (χ0) is 6.85. The molecule has 0 bridgehead atoms. The summed E-state index contributed by atoms with van der Waals surface area (Å²) in [4.78, 5) is 10.6. The molecule has 1 heterocycles. The largest absolute Gasteiger partial charge is 0.458 e. The molecule has 0 aliphatic carbocycles. The van der Waals surface area contributed by atoms with Crippen LogP contribution in [0.1, 0.15) is 20.3 Å². The zero-order valence-electron chi connectivity index (χ0n) is 5.68. The van der Waals surface area contributed by atoms with E-state index in [0.717, 1.165) is 5.57 Å². The number of carbonyl (C=O) groups excluding carboxylic acids is 1. The molecule has 0 unspecified atom stereocenters. The second-order valence-electron chi connectivity index (χ2n) is 2.38. The van der Waals surface area contributed by atoms with Crippen molar-refractivity contribution in [3.8, 4) is 0 Å². The van der Waals surface area contributed by atoms with Crippen molar-refractivity contribution < 1.29 is 9.53 Å². The molecular weight excluding hydrogens is 116 g/mol. The van der Waals surface area contributed by atoms with Gasteiger partial charge in [-0.2, -0.15) is 0 Å². The summed E-state index contributed by atoms with van der Waals surface area (Å²) < 4.78 is 4.84. The van der Waals surface area contributed by atoms with E-state index in [1.54, 1.807) is 0 Å². The lowest BCUT2D eigenvalue weighted by Crippen LogP contribution is -2.17. The van der Waals surface area contributed by atoms with Crippen molar-refractivity contribution in [1.82, 2.24) is 0 Å². The van der Waals surface area contributed by atoms with E-state index in [0.29, 0.717) is 6.42 Å². The standard InChI is InChI=1S/C7H10O2/c1-5-3-6(2)9-7(8)4-5/h3,6H,4H2,1-2H3/t6-/m1/s1. The van der Waals surface area contributed by atoms with E-state index >= 15 is 0 Å². The van der Waals surface area contributed by atoms with Crippen LogP contribution in [0.5, 0.6) is 0 Å². The molecule has 0 N–H and O–H groups in total. The van der Waals surface area contributed by atoms with Gasteiger partial charge in [0.15, 0.2) is 0 Å². The van der Waals surface area contributed by atoms with Gasteiger partial charge in [0.05, 0.1) is 6.42 Å². The predicted octanol–water partition coefficient (Wildman–Crippen LogP) is 1.27. The van der Waals surface area contributed by atoms with Crippen molar-refractivity contribution in [2.24, 2.45) is 0 Å². The van der Waals surface area contributed by atoms with Gasteiger partial charge in [-0.25, -0.2) is 0 Å². The summed E-state index contributed by atoms with van der Waals surface area (Å²) >= 11 is 0. The quantitative estimate of drug-likeness (QED) is 0.361. The fourth-order valence-electron chi connectivity index (χ4n) is 0.970.